The Morgan fingerprint density at radius 2 is 2.00 bits per heavy atom. The fraction of sp³-hybridized carbons (Fsp3) is 0.500. The minimum atomic E-state index is -0.369. The molecule has 1 aromatic rings. The van der Waals surface area contributed by atoms with Crippen LogP contribution in [0.25, 0.3) is 0 Å². The molecule has 3 amide bonds. The average molecular weight is 343 g/mol. The standard InChI is InChI=1S/C18H21N3O4/c1-25-17(23)12-3-2-4-15-11(12)7-8-21(15)16(22)10-5-6-13-14(9-10)20-18(24)19-13/h2-4,10,13-14H,5-9H2,1H3,(H2,19,20,24). The molecule has 1 aromatic carbocycles. The minimum Gasteiger partial charge on any atom is -0.465 e. The van der Waals surface area contributed by atoms with Crippen LogP contribution >= 0.6 is 0 Å². The molecule has 2 fully saturated rings. The normalized spacial score (nSPS) is 27.2. The maximum absolute atomic E-state index is 13.1. The number of rotatable bonds is 2. The summed E-state index contributed by atoms with van der Waals surface area (Å²) in [6, 6.07) is 5.43. The molecule has 1 saturated heterocycles. The summed E-state index contributed by atoms with van der Waals surface area (Å²) in [6.07, 6.45) is 2.89. The van der Waals surface area contributed by atoms with E-state index in [0.717, 1.165) is 24.1 Å². The minimum absolute atomic E-state index is 0.0266. The van der Waals surface area contributed by atoms with Gasteiger partial charge in [0.25, 0.3) is 0 Å². The SMILES string of the molecule is COC(=O)c1cccc2c1CCN2C(=O)C1CCC2NC(=O)NC2C1. The molecule has 1 aliphatic carbocycles. The molecule has 0 aromatic heterocycles. The largest absolute Gasteiger partial charge is 0.465 e. The molecular formula is C18H21N3O4. The Morgan fingerprint density at radius 1 is 1.20 bits per heavy atom. The monoisotopic (exact) mass is 343 g/mol. The van der Waals surface area contributed by atoms with E-state index in [9.17, 15) is 14.4 Å². The number of fused-ring (bicyclic) bond motifs is 2. The van der Waals surface area contributed by atoms with Crippen molar-refractivity contribution in [1.29, 1.82) is 0 Å². The quantitative estimate of drug-likeness (QED) is 0.790. The molecule has 2 aliphatic heterocycles. The first-order valence-electron chi connectivity index (χ1n) is 8.67. The van der Waals surface area contributed by atoms with Gasteiger partial charge in [-0.3, -0.25) is 4.79 Å². The third-order valence-electron chi connectivity index (χ3n) is 5.53. The highest BCUT2D eigenvalue weighted by molar-refractivity contribution is 6.00. The Balaban J connectivity index is 1.54. The molecule has 25 heavy (non-hydrogen) atoms. The number of hydrogen-bond donors (Lipinski definition) is 2. The molecule has 0 radical (unpaired) electrons. The maximum atomic E-state index is 13.1. The van der Waals surface area contributed by atoms with Crippen molar-refractivity contribution in [2.45, 2.75) is 37.8 Å². The number of amides is 3. The topological polar surface area (TPSA) is 87.7 Å². The van der Waals surface area contributed by atoms with Gasteiger partial charge in [0.2, 0.25) is 5.91 Å². The van der Waals surface area contributed by atoms with E-state index < -0.39 is 0 Å². The zero-order valence-corrected chi connectivity index (χ0v) is 14.1. The highest BCUT2D eigenvalue weighted by Gasteiger charge is 2.41. The van der Waals surface area contributed by atoms with E-state index in [4.69, 9.17) is 4.74 Å². The van der Waals surface area contributed by atoms with Crippen LogP contribution in [0, 0.1) is 5.92 Å². The van der Waals surface area contributed by atoms with Crippen LogP contribution in [-0.2, 0) is 16.0 Å². The van der Waals surface area contributed by atoms with Gasteiger partial charge >= 0.3 is 12.0 Å². The van der Waals surface area contributed by atoms with Crippen molar-refractivity contribution in [3.8, 4) is 0 Å². The van der Waals surface area contributed by atoms with Gasteiger partial charge in [0.05, 0.1) is 24.8 Å². The van der Waals surface area contributed by atoms with Crippen LogP contribution in [0.15, 0.2) is 18.2 Å². The van der Waals surface area contributed by atoms with E-state index in [0.29, 0.717) is 24.9 Å². The van der Waals surface area contributed by atoms with E-state index in [1.165, 1.54) is 7.11 Å². The average Bonchev–Trinajstić information content (AvgIpc) is 3.21. The third-order valence-corrected chi connectivity index (χ3v) is 5.53. The first-order valence-corrected chi connectivity index (χ1v) is 8.67. The number of methoxy groups -OCH3 is 1. The predicted octanol–water partition coefficient (Wildman–Crippen LogP) is 1.21. The molecule has 3 atom stereocenters. The van der Waals surface area contributed by atoms with Gasteiger partial charge in [-0.25, -0.2) is 9.59 Å². The molecular weight excluding hydrogens is 322 g/mol. The number of ether oxygens (including phenoxy) is 1. The van der Waals surface area contributed by atoms with Crippen LogP contribution < -0.4 is 15.5 Å². The number of carbonyl (C=O) groups excluding carboxylic acids is 3. The summed E-state index contributed by atoms with van der Waals surface area (Å²) in [5.74, 6) is -0.388. The van der Waals surface area contributed by atoms with E-state index in [2.05, 4.69) is 10.6 Å². The smallest absolute Gasteiger partial charge is 0.338 e. The van der Waals surface area contributed by atoms with Crippen LogP contribution in [0.1, 0.15) is 35.2 Å². The van der Waals surface area contributed by atoms with Gasteiger partial charge in [0.15, 0.2) is 0 Å². The molecule has 3 aliphatic rings. The molecule has 3 unspecified atom stereocenters. The summed E-state index contributed by atoms with van der Waals surface area (Å²) in [6.45, 7) is 0.581. The number of nitrogens with zero attached hydrogens (tertiary/aromatic N) is 1. The Labute approximate surface area is 145 Å². The number of benzene rings is 1. The van der Waals surface area contributed by atoms with Crippen molar-refractivity contribution < 1.29 is 19.1 Å². The van der Waals surface area contributed by atoms with Gasteiger partial charge < -0.3 is 20.3 Å². The first-order chi connectivity index (χ1) is 12.1. The van der Waals surface area contributed by atoms with Crippen LogP contribution in [0.2, 0.25) is 0 Å². The molecule has 7 heteroatoms. The Morgan fingerprint density at radius 3 is 2.80 bits per heavy atom. The first kappa shape index (κ1) is 15.9. The predicted molar refractivity (Wildman–Crippen MR) is 90.4 cm³/mol. The van der Waals surface area contributed by atoms with Crippen molar-refractivity contribution in [1.82, 2.24) is 10.6 Å². The fourth-order valence-electron chi connectivity index (χ4n) is 4.29. The molecule has 0 spiro atoms. The van der Waals surface area contributed by atoms with Crippen molar-refractivity contribution in [3.05, 3.63) is 29.3 Å². The van der Waals surface area contributed by atoms with Gasteiger partial charge in [-0.05, 0) is 43.4 Å². The molecule has 4 rings (SSSR count). The number of urea groups is 1. The number of nitrogens with one attached hydrogen (secondary N) is 2. The number of esters is 1. The van der Waals surface area contributed by atoms with Gasteiger partial charge in [-0.1, -0.05) is 6.07 Å². The van der Waals surface area contributed by atoms with Crippen molar-refractivity contribution in [3.63, 3.8) is 0 Å². The van der Waals surface area contributed by atoms with E-state index in [1.807, 2.05) is 6.07 Å². The molecule has 2 N–H and O–H groups in total. The van der Waals surface area contributed by atoms with Gasteiger partial charge in [-0.15, -0.1) is 0 Å². The third kappa shape index (κ3) is 2.63. The Bertz CT molecular complexity index is 748. The highest BCUT2D eigenvalue weighted by Crippen LogP contribution is 2.35. The maximum Gasteiger partial charge on any atom is 0.338 e. The summed E-state index contributed by atoms with van der Waals surface area (Å²) in [4.78, 5) is 38.3. The van der Waals surface area contributed by atoms with Crippen molar-refractivity contribution in [2.24, 2.45) is 5.92 Å². The van der Waals surface area contributed by atoms with Crippen LogP contribution in [0.4, 0.5) is 10.5 Å². The summed E-state index contributed by atoms with van der Waals surface area (Å²) < 4.78 is 4.84. The van der Waals surface area contributed by atoms with Crippen molar-refractivity contribution in [2.75, 3.05) is 18.6 Å². The van der Waals surface area contributed by atoms with Gasteiger partial charge in [0.1, 0.15) is 0 Å². The summed E-state index contributed by atoms with van der Waals surface area (Å²) in [5, 5.41) is 5.80. The van der Waals surface area contributed by atoms with Crippen LogP contribution in [0.3, 0.4) is 0 Å². The van der Waals surface area contributed by atoms with Crippen molar-refractivity contribution >= 4 is 23.6 Å². The second-order valence-electron chi connectivity index (χ2n) is 6.88. The number of anilines is 1. The lowest BCUT2D eigenvalue weighted by molar-refractivity contribution is -0.123. The summed E-state index contributed by atoms with van der Waals surface area (Å²) in [7, 11) is 1.36. The van der Waals surface area contributed by atoms with E-state index in [-0.39, 0.29) is 35.9 Å². The zero-order chi connectivity index (χ0) is 17.6. The zero-order valence-electron chi connectivity index (χ0n) is 14.1. The molecule has 7 nitrogen and oxygen atoms in total. The van der Waals surface area contributed by atoms with Gasteiger partial charge in [0, 0.05) is 18.2 Å². The highest BCUT2D eigenvalue weighted by atomic mass is 16.5. The molecule has 132 valence electrons. The summed E-state index contributed by atoms with van der Waals surface area (Å²) in [5.41, 5.74) is 2.22. The van der Waals surface area contributed by atoms with E-state index in [1.54, 1.807) is 17.0 Å². The summed E-state index contributed by atoms with van der Waals surface area (Å²) >= 11 is 0. The second kappa shape index (κ2) is 6.06. The molecule has 2 heterocycles. The van der Waals surface area contributed by atoms with Gasteiger partial charge in [-0.2, -0.15) is 0 Å². The lowest BCUT2D eigenvalue weighted by Gasteiger charge is -2.32. The Kier molecular flexibility index (Phi) is 3.86. The molecule has 1 saturated carbocycles. The van der Waals surface area contributed by atoms with Crippen LogP contribution in [0.5, 0.6) is 0 Å². The second-order valence-corrected chi connectivity index (χ2v) is 6.88. The number of carbonyl (C=O) groups is 3. The lowest BCUT2D eigenvalue weighted by atomic mass is 9.82. The molecule has 0 bridgehead atoms. The van der Waals surface area contributed by atoms with Crippen LogP contribution in [-0.4, -0.2) is 43.6 Å². The lowest BCUT2D eigenvalue weighted by Crippen LogP contribution is -2.45. The Hall–Kier alpha value is -2.57. The number of hydrogen-bond acceptors (Lipinski definition) is 4. The van der Waals surface area contributed by atoms with E-state index >= 15 is 0 Å². The fourth-order valence-corrected chi connectivity index (χ4v) is 4.29.